The van der Waals surface area contributed by atoms with Gasteiger partial charge in [-0.3, -0.25) is 9.69 Å². The first-order valence-electron chi connectivity index (χ1n) is 10.5. The van der Waals surface area contributed by atoms with Gasteiger partial charge in [-0.25, -0.2) is 0 Å². The van der Waals surface area contributed by atoms with Crippen LogP contribution < -0.4 is 14.2 Å². The number of ether oxygens (including phenoxy) is 3. The highest BCUT2D eigenvalue weighted by atomic mass is 35.5. The summed E-state index contributed by atoms with van der Waals surface area (Å²) in [5.41, 5.74) is 2.18. The molecule has 0 N–H and O–H groups in total. The van der Waals surface area contributed by atoms with Crippen molar-refractivity contribution in [2.24, 2.45) is 0 Å². The molecule has 8 heteroatoms. The standard InChI is InChI=1S/C24H23ClN2O4S/c25-19-3-1-2-17(10-19)13-26-6-8-27(9-7-26)24(28)23-11-18(15-32-23)14-29-20-4-5-21-22(12-20)31-16-30-21/h1-5,10-12,15H,6-9,13-14,16H2. The molecule has 2 aliphatic heterocycles. The zero-order valence-corrected chi connectivity index (χ0v) is 19.0. The lowest BCUT2D eigenvalue weighted by Crippen LogP contribution is -2.48. The lowest BCUT2D eigenvalue weighted by molar-refractivity contribution is 0.0633. The largest absolute Gasteiger partial charge is 0.489 e. The molecule has 1 aromatic heterocycles. The molecular formula is C24H23ClN2O4S. The molecule has 6 nitrogen and oxygen atoms in total. The summed E-state index contributed by atoms with van der Waals surface area (Å²) >= 11 is 7.55. The molecule has 3 aromatic rings. The normalized spacial score (nSPS) is 15.7. The van der Waals surface area contributed by atoms with Gasteiger partial charge in [0.15, 0.2) is 11.5 Å². The summed E-state index contributed by atoms with van der Waals surface area (Å²) in [6, 6.07) is 15.4. The van der Waals surface area contributed by atoms with E-state index in [1.165, 1.54) is 16.9 Å². The van der Waals surface area contributed by atoms with E-state index < -0.39 is 0 Å². The summed E-state index contributed by atoms with van der Waals surface area (Å²) in [4.78, 5) is 18.0. The number of halogens is 1. The molecule has 166 valence electrons. The van der Waals surface area contributed by atoms with Crippen LogP contribution in [0.2, 0.25) is 5.02 Å². The van der Waals surface area contributed by atoms with E-state index in [1.54, 1.807) is 0 Å². The topological polar surface area (TPSA) is 51.2 Å². The van der Waals surface area contributed by atoms with E-state index >= 15 is 0 Å². The average Bonchev–Trinajstić information content (AvgIpc) is 3.47. The number of benzene rings is 2. The first-order chi connectivity index (χ1) is 15.6. The van der Waals surface area contributed by atoms with Crippen molar-refractivity contribution in [2.45, 2.75) is 13.2 Å². The molecule has 2 aromatic carbocycles. The van der Waals surface area contributed by atoms with Gasteiger partial charge in [0, 0.05) is 49.4 Å². The Hall–Kier alpha value is -2.74. The maximum Gasteiger partial charge on any atom is 0.264 e. The van der Waals surface area contributed by atoms with Gasteiger partial charge in [-0.2, -0.15) is 0 Å². The molecule has 1 fully saturated rings. The monoisotopic (exact) mass is 470 g/mol. The van der Waals surface area contributed by atoms with Crippen LogP contribution in [0.25, 0.3) is 0 Å². The molecule has 5 rings (SSSR count). The predicted octanol–water partition coefficient (Wildman–Crippen LogP) is 4.67. The molecule has 32 heavy (non-hydrogen) atoms. The van der Waals surface area contributed by atoms with Crippen molar-refractivity contribution in [3.05, 3.63) is 74.9 Å². The molecule has 0 spiro atoms. The minimum Gasteiger partial charge on any atom is -0.489 e. The van der Waals surface area contributed by atoms with Crippen LogP contribution >= 0.6 is 22.9 Å². The zero-order chi connectivity index (χ0) is 21.9. The second-order valence-electron chi connectivity index (χ2n) is 7.82. The lowest BCUT2D eigenvalue weighted by atomic mass is 10.2. The SMILES string of the molecule is O=C(c1cc(COc2ccc3c(c2)OCO3)cs1)N1CCN(Cc2cccc(Cl)c2)CC1. The van der Waals surface area contributed by atoms with Crippen molar-refractivity contribution in [1.82, 2.24) is 9.80 Å². The third-order valence-electron chi connectivity index (χ3n) is 5.57. The van der Waals surface area contributed by atoms with Gasteiger partial charge in [0.25, 0.3) is 5.91 Å². The fraction of sp³-hybridized carbons (Fsp3) is 0.292. The highest BCUT2D eigenvalue weighted by molar-refractivity contribution is 7.12. The van der Waals surface area contributed by atoms with Gasteiger partial charge in [0.2, 0.25) is 6.79 Å². The van der Waals surface area contributed by atoms with E-state index in [2.05, 4.69) is 11.0 Å². The van der Waals surface area contributed by atoms with Crippen molar-refractivity contribution in [3.63, 3.8) is 0 Å². The van der Waals surface area contributed by atoms with Crippen molar-refractivity contribution >= 4 is 28.8 Å². The number of amides is 1. The quantitative estimate of drug-likeness (QED) is 0.524. The van der Waals surface area contributed by atoms with Crippen LogP contribution in [0.5, 0.6) is 17.2 Å². The van der Waals surface area contributed by atoms with Crippen LogP contribution in [0.1, 0.15) is 20.8 Å². The Bertz CT molecular complexity index is 1110. The van der Waals surface area contributed by atoms with E-state index in [9.17, 15) is 4.79 Å². The van der Waals surface area contributed by atoms with Crippen molar-refractivity contribution in [2.75, 3.05) is 33.0 Å². The minimum absolute atomic E-state index is 0.0896. The Kier molecular flexibility index (Phi) is 6.21. The predicted molar refractivity (Wildman–Crippen MR) is 124 cm³/mol. The van der Waals surface area contributed by atoms with Gasteiger partial charge in [-0.05, 0) is 41.3 Å². The smallest absolute Gasteiger partial charge is 0.264 e. The molecule has 3 heterocycles. The minimum atomic E-state index is 0.0896. The van der Waals surface area contributed by atoms with Gasteiger partial charge < -0.3 is 19.1 Å². The van der Waals surface area contributed by atoms with Gasteiger partial charge in [0.05, 0.1) is 4.88 Å². The molecule has 0 aliphatic carbocycles. The Morgan fingerprint density at radius 2 is 1.84 bits per heavy atom. The van der Waals surface area contributed by atoms with Crippen LogP contribution in [0.3, 0.4) is 0 Å². The Morgan fingerprint density at radius 1 is 1.00 bits per heavy atom. The van der Waals surface area contributed by atoms with Gasteiger partial charge in [0.1, 0.15) is 12.4 Å². The first-order valence-corrected chi connectivity index (χ1v) is 11.8. The number of hydrogen-bond acceptors (Lipinski definition) is 6. The Balaban J connectivity index is 1.12. The molecule has 2 aliphatic rings. The maximum absolute atomic E-state index is 13.0. The Labute approximate surface area is 195 Å². The first kappa shape index (κ1) is 21.1. The van der Waals surface area contributed by atoms with E-state index in [4.69, 9.17) is 25.8 Å². The number of piperazine rings is 1. The lowest BCUT2D eigenvalue weighted by Gasteiger charge is -2.34. The fourth-order valence-electron chi connectivity index (χ4n) is 3.86. The van der Waals surface area contributed by atoms with E-state index in [1.807, 2.05) is 52.7 Å². The highest BCUT2D eigenvalue weighted by Gasteiger charge is 2.23. The number of thiophene rings is 1. The number of fused-ring (bicyclic) bond motifs is 1. The van der Waals surface area contributed by atoms with Crippen LogP contribution in [0, 0.1) is 0 Å². The van der Waals surface area contributed by atoms with Gasteiger partial charge >= 0.3 is 0 Å². The Morgan fingerprint density at radius 3 is 2.69 bits per heavy atom. The second kappa shape index (κ2) is 9.40. The molecule has 1 amide bonds. The molecule has 0 radical (unpaired) electrons. The molecule has 1 saturated heterocycles. The number of nitrogens with zero attached hydrogens (tertiary/aromatic N) is 2. The molecular weight excluding hydrogens is 448 g/mol. The average molecular weight is 471 g/mol. The molecule has 0 atom stereocenters. The van der Waals surface area contributed by atoms with Crippen molar-refractivity contribution < 1.29 is 19.0 Å². The van der Waals surface area contributed by atoms with Crippen LogP contribution in [0.15, 0.2) is 53.9 Å². The zero-order valence-electron chi connectivity index (χ0n) is 17.5. The van der Waals surface area contributed by atoms with E-state index in [0.717, 1.165) is 53.9 Å². The van der Waals surface area contributed by atoms with Crippen molar-refractivity contribution in [3.8, 4) is 17.2 Å². The molecule has 0 saturated carbocycles. The van der Waals surface area contributed by atoms with Gasteiger partial charge in [-0.15, -0.1) is 11.3 Å². The number of rotatable bonds is 6. The summed E-state index contributed by atoms with van der Waals surface area (Å²) in [6.45, 7) is 4.64. The maximum atomic E-state index is 13.0. The third-order valence-corrected chi connectivity index (χ3v) is 6.77. The summed E-state index contributed by atoms with van der Waals surface area (Å²) in [5, 5.41) is 2.74. The number of carbonyl (C=O) groups excluding carboxylic acids is 1. The molecule has 0 bridgehead atoms. The highest BCUT2D eigenvalue weighted by Crippen LogP contribution is 2.35. The summed E-state index contributed by atoms with van der Waals surface area (Å²) in [6.07, 6.45) is 0. The summed E-state index contributed by atoms with van der Waals surface area (Å²) < 4.78 is 16.6. The van der Waals surface area contributed by atoms with E-state index in [0.29, 0.717) is 18.1 Å². The summed E-state index contributed by atoms with van der Waals surface area (Å²) in [7, 11) is 0. The van der Waals surface area contributed by atoms with Crippen LogP contribution in [-0.4, -0.2) is 48.7 Å². The van der Waals surface area contributed by atoms with Crippen LogP contribution in [0.4, 0.5) is 0 Å². The van der Waals surface area contributed by atoms with Gasteiger partial charge in [-0.1, -0.05) is 23.7 Å². The fourth-order valence-corrected chi connectivity index (χ4v) is 4.93. The van der Waals surface area contributed by atoms with E-state index in [-0.39, 0.29) is 12.7 Å². The second-order valence-corrected chi connectivity index (χ2v) is 9.17. The number of carbonyl (C=O) groups is 1. The third kappa shape index (κ3) is 4.85. The number of hydrogen-bond donors (Lipinski definition) is 0. The van der Waals surface area contributed by atoms with Crippen molar-refractivity contribution in [1.29, 1.82) is 0 Å². The molecule has 0 unspecified atom stereocenters. The van der Waals surface area contributed by atoms with Crippen LogP contribution in [-0.2, 0) is 13.2 Å². The summed E-state index contributed by atoms with van der Waals surface area (Å²) in [5.74, 6) is 2.22.